The van der Waals surface area contributed by atoms with Gasteiger partial charge >= 0.3 is 10.4 Å². The van der Waals surface area contributed by atoms with Crippen LogP contribution in [-0.2, 0) is 20.4 Å². The van der Waals surface area contributed by atoms with E-state index < -0.39 is 26.6 Å². The number of hydrogen-bond donors (Lipinski definition) is 0. The third-order valence-corrected chi connectivity index (χ3v) is 3.86. The molecular weight excluding hydrogens is 235 g/mol. The van der Waals surface area contributed by atoms with Gasteiger partial charge in [0.1, 0.15) is 6.17 Å². The lowest BCUT2D eigenvalue weighted by Gasteiger charge is -2.24. The zero-order valence-electron chi connectivity index (χ0n) is 7.45. The van der Waals surface area contributed by atoms with E-state index in [-0.39, 0.29) is 0 Å². The molecule has 0 spiro atoms. The first-order valence-corrected chi connectivity index (χ1v) is 6.73. The van der Waals surface area contributed by atoms with Crippen molar-refractivity contribution < 1.29 is 20.7 Å². The summed E-state index contributed by atoms with van der Waals surface area (Å²) < 4.78 is 56.7. The highest BCUT2D eigenvalue weighted by atomic mass is 32.3. The van der Waals surface area contributed by atoms with Gasteiger partial charge in [-0.1, -0.05) is 3.89 Å². The summed E-state index contributed by atoms with van der Waals surface area (Å²) in [4.78, 5) is 0. The number of hydrogen-bond acceptors (Lipinski definition) is 4. The monoisotopic (exact) mass is 244 g/mol. The van der Waals surface area contributed by atoms with Gasteiger partial charge in [-0.15, -0.1) is 0 Å². The summed E-state index contributed by atoms with van der Waals surface area (Å²) in [5, 5.41) is 0. The Kier molecular flexibility index (Phi) is 2.48. The van der Waals surface area contributed by atoms with Crippen molar-refractivity contribution in [3.05, 3.63) is 12.4 Å². The van der Waals surface area contributed by atoms with Crippen LogP contribution in [0.5, 0.6) is 0 Å². The molecule has 6 nitrogen and oxygen atoms in total. The Morgan fingerprint density at radius 3 is 1.79 bits per heavy atom. The molecule has 1 aliphatic rings. The highest BCUT2D eigenvalue weighted by Crippen LogP contribution is 2.22. The minimum atomic E-state index is -4.90. The van der Waals surface area contributed by atoms with E-state index in [1.54, 1.807) is 0 Å². The average Bonchev–Trinajstić information content (AvgIpc) is 2.26. The highest BCUT2D eigenvalue weighted by molar-refractivity contribution is 7.88. The molecule has 0 aromatic carbocycles. The molecule has 14 heavy (non-hydrogen) atoms. The molecule has 82 valence electrons. The average molecular weight is 244 g/mol. The van der Waals surface area contributed by atoms with Gasteiger partial charge in [-0.3, -0.25) is 4.31 Å². The SMILES string of the molecule is CC1N(S(C)(=O)=O)C=CN1S(=O)(=O)F. The predicted molar refractivity (Wildman–Crippen MR) is 47.2 cm³/mol. The van der Waals surface area contributed by atoms with Crippen LogP contribution in [0.25, 0.3) is 0 Å². The van der Waals surface area contributed by atoms with Crippen molar-refractivity contribution in [3.63, 3.8) is 0 Å². The molecule has 1 atom stereocenters. The van der Waals surface area contributed by atoms with Crippen LogP contribution in [0.15, 0.2) is 12.4 Å². The largest absolute Gasteiger partial charge is 0.400 e. The molecular formula is C5H9FN2O4S2. The Bertz CT molecular complexity index is 412. The fraction of sp³-hybridized carbons (Fsp3) is 0.600. The van der Waals surface area contributed by atoms with Crippen molar-refractivity contribution in [3.8, 4) is 0 Å². The number of nitrogens with zero attached hydrogens (tertiary/aromatic N) is 2. The Balaban J connectivity index is 3.04. The van der Waals surface area contributed by atoms with Crippen molar-refractivity contribution in [1.29, 1.82) is 0 Å². The van der Waals surface area contributed by atoms with Gasteiger partial charge in [0, 0.05) is 12.4 Å². The lowest BCUT2D eigenvalue weighted by molar-refractivity contribution is 0.316. The minimum absolute atomic E-state index is 0.327. The zero-order valence-corrected chi connectivity index (χ0v) is 9.09. The number of halogens is 1. The smallest absolute Gasteiger partial charge is 0.253 e. The summed E-state index contributed by atoms with van der Waals surface area (Å²) in [6.45, 7) is 1.26. The summed E-state index contributed by atoms with van der Waals surface area (Å²) >= 11 is 0. The van der Waals surface area contributed by atoms with E-state index in [9.17, 15) is 20.7 Å². The van der Waals surface area contributed by atoms with Crippen molar-refractivity contribution in [1.82, 2.24) is 8.61 Å². The van der Waals surface area contributed by atoms with Gasteiger partial charge in [0.25, 0.3) is 0 Å². The molecule has 0 aromatic heterocycles. The highest BCUT2D eigenvalue weighted by Gasteiger charge is 2.35. The van der Waals surface area contributed by atoms with Crippen molar-refractivity contribution >= 4 is 20.4 Å². The minimum Gasteiger partial charge on any atom is -0.253 e. The van der Waals surface area contributed by atoms with Crippen LogP contribution in [0.2, 0.25) is 0 Å². The van der Waals surface area contributed by atoms with Crippen LogP contribution in [0.3, 0.4) is 0 Å². The zero-order chi connectivity index (χ0) is 11.1. The molecule has 1 unspecified atom stereocenters. The lowest BCUT2D eigenvalue weighted by atomic mass is 10.6. The van der Waals surface area contributed by atoms with Gasteiger partial charge in [0.15, 0.2) is 0 Å². The maximum Gasteiger partial charge on any atom is 0.400 e. The molecule has 1 heterocycles. The van der Waals surface area contributed by atoms with E-state index >= 15 is 0 Å². The maximum absolute atomic E-state index is 12.5. The van der Waals surface area contributed by atoms with Crippen molar-refractivity contribution in [2.45, 2.75) is 13.1 Å². The first-order chi connectivity index (χ1) is 6.14. The van der Waals surface area contributed by atoms with Crippen LogP contribution < -0.4 is 0 Å². The van der Waals surface area contributed by atoms with E-state index in [4.69, 9.17) is 0 Å². The van der Waals surface area contributed by atoms with Crippen LogP contribution in [0, 0.1) is 0 Å². The molecule has 0 aromatic rings. The molecule has 0 radical (unpaired) electrons. The van der Waals surface area contributed by atoms with Gasteiger partial charge in [-0.05, 0) is 6.92 Å². The maximum atomic E-state index is 12.5. The van der Waals surface area contributed by atoms with Crippen LogP contribution >= 0.6 is 0 Å². The molecule has 1 aliphatic heterocycles. The molecule has 0 amide bonds. The Morgan fingerprint density at radius 1 is 1.14 bits per heavy atom. The molecule has 0 saturated carbocycles. The van der Waals surface area contributed by atoms with E-state index in [2.05, 4.69) is 0 Å². The second-order valence-electron chi connectivity index (χ2n) is 2.79. The van der Waals surface area contributed by atoms with Crippen LogP contribution in [-0.4, -0.2) is 37.9 Å². The molecule has 0 fully saturated rings. The van der Waals surface area contributed by atoms with Gasteiger partial charge in [0.2, 0.25) is 10.0 Å². The van der Waals surface area contributed by atoms with E-state index in [0.717, 1.165) is 23.0 Å². The summed E-state index contributed by atoms with van der Waals surface area (Å²) in [6, 6.07) is 0. The van der Waals surface area contributed by atoms with Gasteiger partial charge in [0.05, 0.1) is 6.26 Å². The quantitative estimate of drug-likeness (QED) is 0.619. The second-order valence-corrected chi connectivity index (χ2v) is 5.93. The number of rotatable bonds is 2. The third kappa shape index (κ3) is 1.98. The Labute approximate surface area is 82.0 Å². The normalized spacial score (nSPS) is 23.2. The molecule has 0 aliphatic carbocycles. The van der Waals surface area contributed by atoms with Gasteiger partial charge in [-0.25, -0.2) is 12.7 Å². The van der Waals surface area contributed by atoms with Gasteiger partial charge < -0.3 is 0 Å². The third-order valence-electron chi connectivity index (χ3n) is 1.73. The predicted octanol–water partition coefficient (Wildman–Crippen LogP) is -0.405. The summed E-state index contributed by atoms with van der Waals surface area (Å²) in [5.74, 6) is 0. The first-order valence-electron chi connectivity index (χ1n) is 3.54. The fourth-order valence-corrected chi connectivity index (χ4v) is 2.79. The van der Waals surface area contributed by atoms with E-state index in [1.807, 2.05) is 0 Å². The van der Waals surface area contributed by atoms with Crippen molar-refractivity contribution in [2.75, 3.05) is 6.26 Å². The molecule has 0 bridgehead atoms. The molecule has 1 rings (SSSR count). The number of sulfonamides is 1. The summed E-state index contributed by atoms with van der Waals surface area (Å²) in [7, 11) is -8.48. The molecule has 0 N–H and O–H groups in total. The Hall–Kier alpha value is -0.830. The van der Waals surface area contributed by atoms with E-state index in [1.165, 1.54) is 6.92 Å². The van der Waals surface area contributed by atoms with Crippen LogP contribution in [0.4, 0.5) is 3.89 Å². The van der Waals surface area contributed by atoms with E-state index in [0.29, 0.717) is 4.31 Å². The van der Waals surface area contributed by atoms with Gasteiger partial charge in [-0.2, -0.15) is 8.42 Å². The lowest BCUT2D eigenvalue weighted by Crippen LogP contribution is -2.40. The fourth-order valence-electron chi connectivity index (χ4n) is 1.14. The molecule has 9 heteroatoms. The summed E-state index contributed by atoms with van der Waals surface area (Å²) in [6.07, 6.45) is 1.67. The Morgan fingerprint density at radius 2 is 1.57 bits per heavy atom. The first kappa shape index (κ1) is 11.2. The summed E-state index contributed by atoms with van der Waals surface area (Å²) in [5.41, 5.74) is 0. The topological polar surface area (TPSA) is 74.8 Å². The second kappa shape index (κ2) is 3.09. The van der Waals surface area contributed by atoms with Crippen molar-refractivity contribution in [2.24, 2.45) is 0 Å². The molecule has 0 saturated heterocycles. The standard InChI is InChI=1S/C5H9FN2O4S2/c1-5-7(13(2,9)10)3-4-8(5)14(6,11)12/h3-5H,1-2H3. The van der Waals surface area contributed by atoms with Crippen LogP contribution in [0.1, 0.15) is 6.92 Å².